The van der Waals surface area contributed by atoms with E-state index in [2.05, 4.69) is 26.6 Å². The molecule has 0 unspecified atom stereocenters. The van der Waals surface area contributed by atoms with E-state index in [-0.39, 0.29) is 44.4 Å². The zero-order valence-corrected chi connectivity index (χ0v) is 25.7. The Hall–Kier alpha value is -4.53. The average molecular weight is 632 g/mol. The third kappa shape index (κ3) is 13.3. The van der Waals surface area contributed by atoms with E-state index < -0.39 is 71.6 Å². The van der Waals surface area contributed by atoms with Gasteiger partial charge in [-0.05, 0) is 50.1 Å². The van der Waals surface area contributed by atoms with E-state index in [1.165, 1.54) is 0 Å². The lowest BCUT2D eigenvalue weighted by Crippen LogP contribution is -2.58. The van der Waals surface area contributed by atoms with Crippen molar-refractivity contribution in [2.45, 2.75) is 95.4 Å². The standard InChI is InChI=1S/C30H45N7O8/c1-17(2)15-22(29(43)37-23(30(44)45)16-18-7-4-3-5-8-18)36-28(42)21(11-13-25(32)39)35-27(41)20(10-12-24(31)38)34-26(40)19-9-6-14-33-19/h3-5,7-8,17,19-23,33H,6,9-16H2,1-2H3,(H2,31,38)(H2,32,39)(H,34,40)(H,35,41)(H,36,42)(H,37,43)(H,44,45)/t19-,20-,21-,22-,23-/m0/s1. The molecule has 10 N–H and O–H groups in total. The Morgan fingerprint density at radius 1 is 0.800 bits per heavy atom. The SMILES string of the molecule is CC(C)C[C@H](NC(=O)[C@H](CCC(N)=O)NC(=O)[C@H](CCC(N)=O)NC(=O)[C@@H]1CCCN1)C(=O)N[C@@H](Cc1ccccc1)C(=O)O. The Morgan fingerprint density at radius 2 is 1.31 bits per heavy atom. The molecule has 6 amide bonds. The highest BCUT2D eigenvalue weighted by Gasteiger charge is 2.33. The van der Waals surface area contributed by atoms with Crippen LogP contribution in [0.2, 0.25) is 0 Å². The van der Waals surface area contributed by atoms with Crippen molar-refractivity contribution in [1.82, 2.24) is 26.6 Å². The maximum Gasteiger partial charge on any atom is 0.326 e. The van der Waals surface area contributed by atoms with E-state index in [4.69, 9.17) is 11.5 Å². The van der Waals surface area contributed by atoms with Gasteiger partial charge in [-0.1, -0.05) is 44.2 Å². The molecule has 2 rings (SSSR count). The zero-order chi connectivity index (χ0) is 33.5. The summed E-state index contributed by atoms with van der Waals surface area (Å²) in [7, 11) is 0. The van der Waals surface area contributed by atoms with Crippen LogP contribution in [0.3, 0.4) is 0 Å². The normalized spacial score (nSPS) is 16.9. The molecule has 0 radical (unpaired) electrons. The molecule has 5 atom stereocenters. The number of rotatable bonds is 19. The summed E-state index contributed by atoms with van der Waals surface area (Å²) in [6.45, 7) is 4.25. The van der Waals surface area contributed by atoms with Crippen molar-refractivity contribution in [3.8, 4) is 0 Å². The molecular weight excluding hydrogens is 586 g/mol. The number of carbonyl (C=O) groups is 7. The Kier molecular flexibility index (Phi) is 14.9. The fourth-order valence-electron chi connectivity index (χ4n) is 4.86. The highest BCUT2D eigenvalue weighted by Crippen LogP contribution is 2.11. The number of hydrogen-bond donors (Lipinski definition) is 8. The minimum Gasteiger partial charge on any atom is -0.480 e. The summed E-state index contributed by atoms with van der Waals surface area (Å²) >= 11 is 0. The van der Waals surface area contributed by atoms with Crippen LogP contribution in [0.1, 0.15) is 64.4 Å². The molecule has 0 spiro atoms. The first-order valence-corrected chi connectivity index (χ1v) is 15.0. The quantitative estimate of drug-likeness (QED) is 0.0891. The zero-order valence-electron chi connectivity index (χ0n) is 25.7. The van der Waals surface area contributed by atoms with Gasteiger partial charge in [-0.25, -0.2) is 4.79 Å². The van der Waals surface area contributed by atoms with E-state index in [1.807, 2.05) is 13.8 Å². The third-order valence-electron chi connectivity index (χ3n) is 7.24. The van der Waals surface area contributed by atoms with Crippen molar-refractivity contribution in [3.63, 3.8) is 0 Å². The van der Waals surface area contributed by atoms with Crippen molar-refractivity contribution >= 4 is 41.4 Å². The number of hydrogen-bond acceptors (Lipinski definition) is 8. The second-order valence-electron chi connectivity index (χ2n) is 11.6. The molecule has 15 nitrogen and oxygen atoms in total. The molecule has 248 valence electrons. The summed E-state index contributed by atoms with van der Waals surface area (Å²) in [6.07, 6.45) is 0.604. The Bertz CT molecular complexity index is 1200. The lowest BCUT2D eigenvalue weighted by Gasteiger charge is -2.27. The second-order valence-corrected chi connectivity index (χ2v) is 11.6. The van der Waals surface area contributed by atoms with E-state index in [0.717, 1.165) is 6.42 Å². The molecule has 1 aromatic rings. The van der Waals surface area contributed by atoms with Crippen LogP contribution in [-0.2, 0) is 40.0 Å². The van der Waals surface area contributed by atoms with Crippen LogP contribution < -0.4 is 38.1 Å². The van der Waals surface area contributed by atoms with Gasteiger partial charge in [-0.3, -0.25) is 28.8 Å². The number of nitrogens with one attached hydrogen (secondary N) is 5. The van der Waals surface area contributed by atoms with Crippen LogP contribution in [0.5, 0.6) is 0 Å². The molecular formula is C30H45N7O8. The molecule has 0 aromatic heterocycles. The molecule has 1 heterocycles. The van der Waals surface area contributed by atoms with Crippen LogP contribution in [0.4, 0.5) is 0 Å². The van der Waals surface area contributed by atoms with Crippen LogP contribution in [0, 0.1) is 5.92 Å². The topological polar surface area (TPSA) is 252 Å². The predicted molar refractivity (Wildman–Crippen MR) is 163 cm³/mol. The fourth-order valence-corrected chi connectivity index (χ4v) is 4.86. The van der Waals surface area contributed by atoms with Gasteiger partial charge in [0.05, 0.1) is 6.04 Å². The molecule has 0 aliphatic carbocycles. The summed E-state index contributed by atoms with van der Waals surface area (Å²) < 4.78 is 0. The van der Waals surface area contributed by atoms with E-state index in [0.29, 0.717) is 18.5 Å². The molecule has 1 aromatic carbocycles. The highest BCUT2D eigenvalue weighted by molar-refractivity contribution is 5.96. The Labute approximate surface area is 262 Å². The first kappa shape index (κ1) is 36.7. The van der Waals surface area contributed by atoms with Crippen LogP contribution in [0.15, 0.2) is 30.3 Å². The molecule has 1 fully saturated rings. The maximum absolute atomic E-state index is 13.5. The summed E-state index contributed by atoms with van der Waals surface area (Å²) in [5.41, 5.74) is 11.2. The van der Waals surface area contributed by atoms with Gasteiger partial charge in [0, 0.05) is 19.3 Å². The Morgan fingerprint density at radius 3 is 1.80 bits per heavy atom. The second kappa shape index (κ2) is 18.3. The first-order valence-electron chi connectivity index (χ1n) is 15.0. The number of amides is 6. The van der Waals surface area contributed by atoms with Gasteiger partial charge in [0.2, 0.25) is 35.4 Å². The molecule has 0 saturated carbocycles. The smallest absolute Gasteiger partial charge is 0.326 e. The first-order chi connectivity index (χ1) is 21.3. The number of carbonyl (C=O) groups excluding carboxylic acids is 6. The van der Waals surface area contributed by atoms with E-state index >= 15 is 0 Å². The van der Waals surface area contributed by atoms with E-state index in [9.17, 15) is 38.7 Å². The largest absolute Gasteiger partial charge is 0.480 e. The van der Waals surface area contributed by atoms with Crippen LogP contribution in [0.25, 0.3) is 0 Å². The number of carboxylic acid groups (broad SMARTS) is 1. The van der Waals surface area contributed by atoms with Crippen molar-refractivity contribution in [3.05, 3.63) is 35.9 Å². The number of benzene rings is 1. The summed E-state index contributed by atoms with van der Waals surface area (Å²) in [5.74, 6) is -5.61. The van der Waals surface area contributed by atoms with Crippen LogP contribution in [-0.4, -0.2) is 83.3 Å². The molecule has 45 heavy (non-hydrogen) atoms. The van der Waals surface area contributed by atoms with Crippen LogP contribution >= 0.6 is 0 Å². The fraction of sp³-hybridized carbons (Fsp3) is 0.567. The van der Waals surface area contributed by atoms with Gasteiger partial charge >= 0.3 is 5.97 Å². The van der Waals surface area contributed by atoms with Crippen molar-refractivity contribution in [2.24, 2.45) is 17.4 Å². The van der Waals surface area contributed by atoms with Gasteiger partial charge in [0.1, 0.15) is 24.2 Å². The third-order valence-corrected chi connectivity index (χ3v) is 7.24. The van der Waals surface area contributed by atoms with Gasteiger partial charge in [-0.2, -0.15) is 0 Å². The minimum atomic E-state index is -1.36. The lowest BCUT2D eigenvalue weighted by molar-refractivity contribution is -0.142. The average Bonchev–Trinajstić information content (AvgIpc) is 3.52. The number of nitrogens with two attached hydrogens (primary N) is 2. The molecule has 0 bridgehead atoms. The minimum absolute atomic E-state index is 0.0103. The number of carboxylic acids is 1. The molecule has 1 aliphatic rings. The molecule has 1 saturated heterocycles. The van der Waals surface area contributed by atoms with Crippen molar-refractivity contribution in [1.29, 1.82) is 0 Å². The maximum atomic E-state index is 13.5. The Balaban J connectivity index is 2.21. The lowest BCUT2D eigenvalue weighted by atomic mass is 10.0. The molecule has 15 heteroatoms. The summed E-state index contributed by atoms with van der Waals surface area (Å²) in [5, 5.41) is 22.9. The summed E-state index contributed by atoms with van der Waals surface area (Å²) in [4.78, 5) is 87.8. The monoisotopic (exact) mass is 631 g/mol. The summed E-state index contributed by atoms with van der Waals surface area (Å²) in [6, 6.07) is 3.17. The molecule has 1 aliphatic heterocycles. The predicted octanol–water partition coefficient (Wildman–Crippen LogP) is -1.42. The van der Waals surface area contributed by atoms with Gasteiger partial charge in [0.25, 0.3) is 0 Å². The van der Waals surface area contributed by atoms with Crippen molar-refractivity contribution in [2.75, 3.05) is 6.54 Å². The highest BCUT2D eigenvalue weighted by atomic mass is 16.4. The van der Waals surface area contributed by atoms with E-state index in [1.54, 1.807) is 30.3 Å². The van der Waals surface area contributed by atoms with Gasteiger partial charge < -0.3 is 43.2 Å². The number of primary amides is 2. The van der Waals surface area contributed by atoms with Crippen molar-refractivity contribution < 1.29 is 38.7 Å². The van der Waals surface area contributed by atoms with Gasteiger partial charge in [0.15, 0.2) is 0 Å². The number of aliphatic carboxylic acids is 1. The van der Waals surface area contributed by atoms with Gasteiger partial charge in [-0.15, -0.1) is 0 Å².